The van der Waals surface area contributed by atoms with Gasteiger partial charge in [0.15, 0.2) is 11.5 Å². The van der Waals surface area contributed by atoms with Gasteiger partial charge in [-0.2, -0.15) is 5.10 Å². The third kappa shape index (κ3) is 4.16. The van der Waals surface area contributed by atoms with Crippen molar-refractivity contribution in [1.29, 1.82) is 0 Å². The van der Waals surface area contributed by atoms with E-state index in [1.807, 2.05) is 41.2 Å². The summed E-state index contributed by atoms with van der Waals surface area (Å²) in [6, 6.07) is 6.98. The van der Waals surface area contributed by atoms with Crippen LogP contribution in [0.1, 0.15) is 17.5 Å². The lowest BCUT2D eigenvalue weighted by Gasteiger charge is -2.57. The van der Waals surface area contributed by atoms with Crippen molar-refractivity contribution >= 4 is 34.8 Å². The number of pyridine rings is 2. The molecule has 40 heavy (non-hydrogen) atoms. The molecule has 0 saturated carbocycles. The van der Waals surface area contributed by atoms with Crippen molar-refractivity contribution < 1.29 is 14.2 Å². The van der Waals surface area contributed by atoms with Crippen molar-refractivity contribution in [1.82, 2.24) is 34.6 Å². The van der Waals surface area contributed by atoms with Crippen molar-refractivity contribution in [2.45, 2.75) is 25.0 Å². The summed E-state index contributed by atoms with van der Waals surface area (Å²) in [6.45, 7) is 7.54. The molecule has 0 spiro atoms. The number of aromatic amines is 1. The summed E-state index contributed by atoms with van der Waals surface area (Å²) >= 11 is 0. The molecule has 206 valence electrons. The van der Waals surface area contributed by atoms with Crippen LogP contribution in [0.15, 0.2) is 53.6 Å². The molecule has 2 N–H and O–H groups in total. The Hall–Kier alpha value is -4.42. The second kappa shape index (κ2) is 9.96. The molecule has 8 heterocycles. The molecule has 0 amide bonds. The van der Waals surface area contributed by atoms with Crippen LogP contribution in [-0.4, -0.2) is 93.9 Å². The molecule has 2 unspecified atom stereocenters. The average molecular weight is 542 g/mol. The maximum atomic E-state index is 5.93. The van der Waals surface area contributed by atoms with Gasteiger partial charge in [0.25, 0.3) is 0 Å². The van der Waals surface area contributed by atoms with E-state index in [1.54, 1.807) is 14.2 Å². The molecule has 4 aliphatic rings. The maximum absolute atomic E-state index is 5.93. The molecular formula is C28H31N9O3. The van der Waals surface area contributed by atoms with Gasteiger partial charge in [-0.3, -0.25) is 10.00 Å². The smallest absolute Gasteiger partial charge is 0.212 e. The van der Waals surface area contributed by atoms with Gasteiger partial charge in [-0.05, 0) is 36.9 Å². The summed E-state index contributed by atoms with van der Waals surface area (Å²) in [5.41, 5.74) is 4.77. The van der Waals surface area contributed by atoms with Crippen molar-refractivity contribution in [3.8, 4) is 11.6 Å². The Morgan fingerprint density at radius 1 is 1.23 bits per heavy atom. The lowest BCUT2D eigenvalue weighted by atomic mass is 9.87. The number of hydrogen-bond acceptors (Lipinski definition) is 10. The van der Waals surface area contributed by atoms with Crippen LogP contribution in [0.4, 0.5) is 5.82 Å². The summed E-state index contributed by atoms with van der Waals surface area (Å²) in [6.07, 6.45) is 9.04. The van der Waals surface area contributed by atoms with Crippen LogP contribution in [-0.2, 0) is 11.3 Å². The van der Waals surface area contributed by atoms with E-state index in [0.717, 1.165) is 59.1 Å². The van der Waals surface area contributed by atoms with Gasteiger partial charge in [0.05, 0.1) is 30.8 Å². The quantitative estimate of drug-likeness (QED) is 0.231. The Morgan fingerprint density at radius 2 is 2.10 bits per heavy atom. The second-order valence-electron chi connectivity index (χ2n) is 10.2. The molecule has 3 fully saturated rings. The van der Waals surface area contributed by atoms with Gasteiger partial charge in [-0.15, -0.1) is 5.10 Å². The van der Waals surface area contributed by atoms with E-state index in [1.165, 1.54) is 12.0 Å². The van der Waals surface area contributed by atoms with E-state index in [9.17, 15) is 0 Å². The first-order valence-electron chi connectivity index (χ1n) is 13.3. The minimum Gasteiger partial charge on any atom is -0.490 e. The SMILES string of the molecule is C=N/C(=C\C=C1/Nc2n[nH]c3nn4cc(OCCOC)cc1c4c23)N1CC2CC(C1)N2Cc1ccc(OC)nc1. The highest BCUT2D eigenvalue weighted by Crippen LogP contribution is 2.39. The molecule has 2 bridgehead atoms. The molecule has 4 aromatic heterocycles. The average Bonchev–Trinajstić information content (AvgIpc) is 3.56. The third-order valence-corrected chi connectivity index (χ3v) is 7.91. The number of ether oxygens (including phenoxy) is 3. The number of nitrogens with one attached hydrogen (secondary N) is 2. The molecule has 2 atom stereocenters. The Morgan fingerprint density at radius 3 is 2.85 bits per heavy atom. The van der Waals surface area contributed by atoms with Gasteiger partial charge in [0, 0.05) is 62.4 Å². The van der Waals surface area contributed by atoms with Crippen LogP contribution in [0, 0.1) is 0 Å². The van der Waals surface area contributed by atoms with Crippen LogP contribution < -0.4 is 14.8 Å². The predicted octanol–water partition coefficient (Wildman–Crippen LogP) is 2.91. The van der Waals surface area contributed by atoms with Gasteiger partial charge < -0.3 is 24.4 Å². The Balaban J connectivity index is 1.12. The van der Waals surface area contributed by atoms with Gasteiger partial charge in [-0.25, -0.2) is 14.5 Å². The fourth-order valence-corrected chi connectivity index (χ4v) is 5.95. The minimum atomic E-state index is 0.452. The van der Waals surface area contributed by atoms with Gasteiger partial charge in [0.2, 0.25) is 5.88 Å². The van der Waals surface area contributed by atoms with Gasteiger partial charge >= 0.3 is 0 Å². The summed E-state index contributed by atoms with van der Waals surface area (Å²) in [7, 11) is 3.29. The Kier molecular flexibility index (Phi) is 6.13. The first-order valence-corrected chi connectivity index (χ1v) is 13.3. The van der Waals surface area contributed by atoms with Crippen molar-refractivity contribution in [2.75, 3.05) is 45.8 Å². The molecule has 12 nitrogen and oxygen atoms in total. The number of methoxy groups -OCH3 is 2. The first-order chi connectivity index (χ1) is 19.6. The lowest BCUT2D eigenvalue weighted by molar-refractivity contribution is -0.0645. The number of piperazine rings is 1. The van der Waals surface area contributed by atoms with Crippen LogP contribution in [0.25, 0.3) is 22.2 Å². The lowest BCUT2D eigenvalue weighted by Crippen LogP contribution is -2.67. The maximum Gasteiger partial charge on any atom is 0.212 e. The number of hydrogen-bond donors (Lipinski definition) is 2. The van der Waals surface area contributed by atoms with Crippen LogP contribution >= 0.6 is 0 Å². The highest BCUT2D eigenvalue weighted by atomic mass is 16.5. The van der Waals surface area contributed by atoms with Crippen LogP contribution in [0.3, 0.4) is 0 Å². The van der Waals surface area contributed by atoms with Gasteiger partial charge in [0.1, 0.15) is 18.2 Å². The Bertz CT molecular complexity index is 1630. The van der Waals surface area contributed by atoms with E-state index in [0.29, 0.717) is 36.9 Å². The molecule has 4 aliphatic heterocycles. The Labute approximate surface area is 230 Å². The molecule has 0 aromatic carbocycles. The molecule has 3 saturated heterocycles. The molecule has 0 radical (unpaired) electrons. The number of aliphatic imine (C=N–C) groups is 1. The normalized spacial score (nSPS) is 21.2. The summed E-state index contributed by atoms with van der Waals surface area (Å²) in [5.74, 6) is 2.95. The second-order valence-corrected chi connectivity index (χ2v) is 10.2. The molecule has 12 heteroatoms. The summed E-state index contributed by atoms with van der Waals surface area (Å²) < 4.78 is 18.1. The van der Waals surface area contributed by atoms with E-state index < -0.39 is 0 Å². The number of nitrogens with zero attached hydrogens (tertiary/aromatic N) is 7. The van der Waals surface area contributed by atoms with E-state index >= 15 is 0 Å². The zero-order chi connectivity index (χ0) is 27.2. The van der Waals surface area contributed by atoms with Crippen molar-refractivity contribution in [3.05, 3.63) is 59.7 Å². The fourth-order valence-electron chi connectivity index (χ4n) is 5.95. The van der Waals surface area contributed by atoms with E-state index in [-0.39, 0.29) is 0 Å². The third-order valence-electron chi connectivity index (χ3n) is 7.91. The van der Waals surface area contributed by atoms with Crippen molar-refractivity contribution in [3.63, 3.8) is 0 Å². The first kappa shape index (κ1) is 24.6. The number of H-pyrrole nitrogens is 1. The molecule has 4 aromatic rings. The number of rotatable bonds is 10. The highest BCUT2D eigenvalue weighted by molar-refractivity contribution is 6.11. The number of allylic oxidation sites excluding steroid dienone is 2. The fraction of sp³-hybridized carbons (Fsp3) is 0.357. The van der Waals surface area contributed by atoms with Crippen molar-refractivity contribution in [2.24, 2.45) is 4.99 Å². The summed E-state index contributed by atoms with van der Waals surface area (Å²) in [4.78, 5) is 13.6. The minimum absolute atomic E-state index is 0.452. The molecule has 8 rings (SSSR count). The van der Waals surface area contributed by atoms with Crippen LogP contribution in [0.5, 0.6) is 11.6 Å². The number of aromatic nitrogens is 5. The standard InChI is InChI=1S/C28H31N9O3/c1-29-23(35-14-18-10-19(15-35)36(18)13-17-4-7-24(39-3)30-12-17)6-5-22-21-11-20(40-9-8-38-2)16-37-26(21)25-27(31-22)32-33-28(25)34-37/h4-7,11-12,16,18-19H,1,8-10,13-15H2,2-3H3,(H,31,32)(H,33,34)/b22-5-,23-6+. The number of anilines is 1. The zero-order valence-corrected chi connectivity index (χ0v) is 22.5. The molecule has 0 aliphatic carbocycles. The highest BCUT2D eigenvalue weighted by Gasteiger charge is 2.44. The van der Waals surface area contributed by atoms with Gasteiger partial charge in [-0.1, -0.05) is 6.07 Å². The molecular weight excluding hydrogens is 510 g/mol. The number of piperidine rings is 1. The monoisotopic (exact) mass is 541 g/mol. The largest absolute Gasteiger partial charge is 0.490 e. The summed E-state index contributed by atoms with van der Waals surface area (Å²) in [5, 5.41) is 16.5. The van der Waals surface area contributed by atoms with Crippen LogP contribution in [0.2, 0.25) is 0 Å². The van der Waals surface area contributed by atoms with E-state index in [2.05, 4.69) is 53.2 Å². The predicted molar refractivity (Wildman–Crippen MR) is 152 cm³/mol. The van der Waals surface area contributed by atoms with E-state index in [4.69, 9.17) is 14.2 Å². The zero-order valence-electron chi connectivity index (χ0n) is 22.5. The number of fused-ring (bicyclic) bond motifs is 2. The topological polar surface area (TPSA) is 117 Å².